The molecular weight excluding hydrogens is 308 g/mol. The summed E-state index contributed by atoms with van der Waals surface area (Å²) in [5, 5.41) is 2.59. The van der Waals surface area contributed by atoms with Gasteiger partial charge in [0.1, 0.15) is 6.61 Å². The molecule has 0 radical (unpaired) electrons. The van der Waals surface area contributed by atoms with Crippen LogP contribution in [0.1, 0.15) is 18.4 Å². The van der Waals surface area contributed by atoms with Crippen LogP contribution in [0.3, 0.4) is 0 Å². The van der Waals surface area contributed by atoms with Crippen molar-refractivity contribution in [3.8, 4) is 0 Å². The van der Waals surface area contributed by atoms with Gasteiger partial charge in [-0.2, -0.15) is 0 Å². The first-order chi connectivity index (χ1) is 10.7. The largest absolute Gasteiger partial charge is 0.445 e. The van der Waals surface area contributed by atoms with Gasteiger partial charge in [-0.15, -0.1) is 0 Å². The van der Waals surface area contributed by atoms with E-state index in [4.69, 9.17) is 16.3 Å². The molecule has 1 aromatic rings. The number of halogens is 1. The maximum absolute atomic E-state index is 12.1. The van der Waals surface area contributed by atoms with E-state index in [1.165, 1.54) is 0 Å². The fourth-order valence-corrected chi connectivity index (χ4v) is 2.49. The quantitative estimate of drug-likeness (QED) is 0.845. The summed E-state index contributed by atoms with van der Waals surface area (Å²) < 4.78 is 9.90. The molecule has 2 rings (SSSR count). The van der Waals surface area contributed by atoms with Crippen LogP contribution in [-0.2, 0) is 16.1 Å². The molecule has 7 heteroatoms. The highest BCUT2D eigenvalue weighted by molar-refractivity contribution is 6.17. The highest BCUT2D eigenvalue weighted by Crippen LogP contribution is 2.18. The molecule has 0 aromatic heterocycles. The second-order valence-corrected chi connectivity index (χ2v) is 5.17. The van der Waals surface area contributed by atoms with Crippen molar-refractivity contribution >= 4 is 23.8 Å². The molecule has 0 spiro atoms. The minimum Gasteiger partial charge on any atom is -0.445 e. The van der Waals surface area contributed by atoms with Crippen LogP contribution in [0.2, 0.25) is 0 Å². The number of hydrogen-bond donors (Lipinski definition) is 1. The summed E-state index contributed by atoms with van der Waals surface area (Å²) in [7, 11) is 0. The van der Waals surface area contributed by atoms with E-state index in [1.807, 2.05) is 30.3 Å². The molecule has 1 fully saturated rings. The third kappa shape index (κ3) is 4.80. The molecule has 120 valence electrons. The lowest BCUT2D eigenvalue weighted by molar-refractivity contribution is 0.0910. The first-order valence-corrected chi connectivity index (χ1v) is 7.68. The van der Waals surface area contributed by atoms with E-state index < -0.39 is 6.09 Å². The molecule has 6 nitrogen and oxygen atoms in total. The predicted molar refractivity (Wildman–Crippen MR) is 81.6 cm³/mol. The lowest BCUT2D eigenvalue weighted by Gasteiger charge is -2.24. The molecule has 0 saturated carbocycles. The standard InChI is InChI=1S/C15H19ClN2O4/c16-11-22-14(19)17-9-13-7-4-8-18(13)15(20)21-10-12-5-2-1-3-6-12/h1-3,5-6,13H,4,7-11H2,(H,17,19)/t13-/m0/s1. The number of ether oxygens (including phenoxy) is 2. The molecule has 22 heavy (non-hydrogen) atoms. The summed E-state index contributed by atoms with van der Waals surface area (Å²) >= 11 is 5.30. The summed E-state index contributed by atoms with van der Waals surface area (Å²) in [6.07, 6.45) is 0.761. The van der Waals surface area contributed by atoms with Gasteiger partial charge in [-0.25, -0.2) is 9.59 Å². The number of amides is 2. The normalized spacial score (nSPS) is 17.1. The maximum Gasteiger partial charge on any atom is 0.410 e. The Morgan fingerprint density at radius 3 is 2.77 bits per heavy atom. The van der Waals surface area contributed by atoms with Crippen LogP contribution < -0.4 is 5.32 Å². The van der Waals surface area contributed by atoms with E-state index in [-0.39, 0.29) is 24.8 Å². The monoisotopic (exact) mass is 326 g/mol. The van der Waals surface area contributed by atoms with Gasteiger partial charge in [0.05, 0.1) is 6.04 Å². The van der Waals surface area contributed by atoms with Crippen molar-refractivity contribution in [2.24, 2.45) is 0 Å². The number of alkyl carbamates (subject to hydrolysis) is 1. The second kappa shape index (κ2) is 8.48. The van der Waals surface area contributed by atoms with Crippen molar-refractivity contribution in [2.75, 3.05) is 19.2 Å². The minimum atomic E-state index is -0.584. The predicted octanol–water partition coefficient (Wildman–Crippen LogP) is 2.71. The summed E-state index contributed by atoms with van der Waals surface area (Å²) in [6, 6.07) is 9.23. The van der Waals surface area contributed by atoms with Crippen LogP contribution in [0.4, 0.5) is 9.59 Å². The highest BCUT2D eigenvalue weighted by atomic mass is 35.5. The van der Waals surface area contributed by atoms with E-state index in [9.17, 15) is 9.59 Å². The average molecular weight is 327 g/mol. The van der Waals surface area contributed by atoms with E-state index >= 15 is 0 Å². The third-order valence-electron chi connectivity index (χ3n) is 3.48. The van der Waals surface area contributed by atoms with E-state index in [0.29, 0.717) is 13.1 Å². The second-order valence-electron chi connectivity index (χ2n) is 4.95. The Kier molecular flexibility index (Phi) is 6.33. The molecule has 1 saturated heterocycles. The molecule has 1 atom stereocenters. The number of alkyl halides is 1. The van der Waals surface area contributed by atoms with Gasteiger partial charge in [-0.3, -0.25) is 0 Å². The summed E-state index contributed by atoms with van der Waals surface area (Å²) in [5.41, 5.74) is 0.940. The number of nitrogens with zero attached hydrogens (tertiary/aromatic N) is 1. The van der Waals surface area contributed by atoms with Crippen molar-refractivity contribution in [3.63, 3.8) is 0 Å². The Morgan fingerprint density at radius 2 is 2.05 bits per heavy atom. The Morgan fingerprint density at radius 1 is 1.27 bits per heavy atom. The third-order valence-corrected chi connectivity index (χ3v) is 3.59. The van der Waals surface area contributed by atoms with Crippen molar-refractivity contribution in [3.05, 3.63) is 35.9 Å². The van der Waals surface area contributed by atoms with Crippen LogP contribution in [-0.4, -0.2) is 42.3 Å². The minimum absolute atomic E-state index is 0.0776. The van der Waals surface area contributed by atoms with Gasteiger partial charge in [-0.1, -0.05) is 41.9 Å². The Balaban J connectivity index is 1.79. The van der Waals surface area contributed by atoms with Crippen LogP contribution in [0, 0.1) is 0 Å². The van der Waals surface area contributed by atoms with Gasteiger partial charge in [0, 0.05) is 13.1 Å². The molecule has 1 aliphatic heterocycles. The molecule has 1 aliphatic rings. The Bertz CT molecular complexity index is 498. The number of carbonyl (C=O) groups excluding carboxylic acids is 2. The fraction of sp³-hybridized carbons (Fsp3) is 0.467. The highest BCUT2D eigenvalue weighted by Gasteiger charge is 2.30. The van der Waals surface area contributed by atoms with Crippen molar-refractivity contribution in [1.82, 2.24) is 10.2 Å². The molecule has 0 aliphatic carbocycles. The topological polar surface area (TPSA) is 67.9 Å². The van der Waals surface area contributed by atoms with Crippen molar-refractivity contribution in [2.45, 2.75) is 25.5 Å². The number of carbonyl (C=O) groups is 2. The van der Waals surface area contributed by atoms with E-state index in [1.54, 1.807) is 4.90 Å². The molecule has 1 N–H and O–H groups in total. The molecular formula is C15H19ClN2O4. The first-order valence-electron chi connectivity index (χ1n) is 7.14. The number of likely N-dealkylation sites (tertiary alicyclic amines) is 1. The molecule has 0 bridgehead atoms. The SMILES string of the molecule is O=C(NC[C@@H]1CCCN1C(=O)OCc1ccccc1)OCCl. The van der Waals surface area contributed by atoms with Crippen LogP contribution in [0.25, 0.3) is 0 Å². The van der Waals surface area contributed by atoms with Crippen molar-refractivity contribution < 1.29 is 19.1 Å². The number of hydrogen-bond acceptors (Lipinski definition) is 4. The number of rotatable bonds is 5. The summed E-state index contributed by atoms with van der Waals surface area (Å²) in [6.45, 7) is 1.20. The zero-order valence-corrected chi connectivity index (χ0v) is 12.9. The van der Waals surface area contributed by atoms with Gasteiger partial charge >= 0.3 is 12.2 Å². The van der Waals surface area contributed by atoms with Gasteiger partial charge in [0.15, 0.2) is 6.07 Å². The van der Waals surface area contributed by atoms with E-state index in [0.717, 1.165) is 18.4 Å². The maximum atomic E-state index is 12.1. The van der Waals surface area contributed by atoms with Crippen molar-refractivity contribution in [1.29, 1.82) is 0 Å². The number of benzene rings is 1. The Hall–Kier alpha value is -1.95. The van der Waals surface area contributed by atoms with Gasteiger partial charge < -0.3 is 19.7 Å². The Labute approximate surface area is 134 Å². The smallest absolute Gasteiger partial charge is 0.410 e. The number of nitrogens with one attached hydrogen (secondary N) is 1. The molecule has 2 amide bonds. The fourth-order valence-electron chi connectivity index (χ4n) is 2.39. The summed E-state index contributed by atoms with van der Waals surface area (Å²) in [5.74, 6) is 0. The van der Waals surface area contributed by atoms with Crippen LogP contribution in [0.5, 0.6) is 0 Å². The lowest BCUT2D eigenvalue weighted by atomic mass is 10.2. The van der Waals surface area contributed by atoms with Gasteiger partial charge in [-0.05, 0) is 18.4 Å². The summed E-state index contributed by atoms with van der Waals surface area (Å²) in [4.78, 5) is 25.0. The van der Waals surface area contributed by atoms with Gasteiger partial charge in [0.2, 0.25) is 0 Å². The average Bonchev–Trinajstić information content (AvgIpc) is 3.00. The van der Waals surface area contributed by atoms with Crippen LogP contribution in [0.15, 0.2) is 30.3 Å². The zero-order chi connectivity index (χ0) is 15.8. The van der Waals surface area contributed by atoms with E-state index in [2.05, 4.69) is 10.1 Å². The lowest BCUT2D eigenvalue weighted by Crippen LogP contribution is -2.43. The molecule has 1 aromatic carbocycles. The molecule has 1 heterocycles. The van der Waals surface area contributed by atoms with Crippen LogP contribution >= 0.6 is 11.6 Å². The van der Waals surface area contributed by atoms with Gasteiger partial charge in [0.25, 0.3) is 0 Å². The molecule has 0 unspecified atom stereocenters. The zero-order valence-electron chi connectivity index (χ0n) is 12.2. The first kappa shape index (κ1) is 16.4.